The fourth-order valence-electron chi connectivity index (χ4n) is 2.63. The Morgan fingerprint density at radius 2 is 2.14 bits per heavy atom. The molecule has 0 aromatic carbocycles. The van der Waals surface area contributed by atoms with E-state index in [1.54, 1.807) is 11.3 Å². The van der Waals surface area contributed by atoms with E-state index in [-0.39, 0.29) is 6.03 Å². The van der Waals surface area contributed by atoms with Crippen molar-refractivity contribution in [3.63, 3.8) is 0 Å². The van der Waals surface area contributed by atoms with Gasteiger partial charge in [-0.05, 0) is 50.9 Å². The highest BCUT2D eigenvalue weighted by atomic mass is 32.1. The highest BCUT2D eigenvalue weighted by molar-refractivity contribution is 7.11. The maximum Gasteiger partial charge on any atom is 0.315 e. The lowest BCUT2D eigenvalue weighted by atomic mass is 9.99. The Labute approximate surface area is 136 Å². The van der Waals surface area contributed by atoms with Crippen LogP contribution in [0.4, 0.5) is 4.79 Å². The molecule has 1 saturated heterocycles. The quantitative estimate of drug-likeness (QED) is 0.749. The molecule has 1 aromatic rings. The van der Waals surface area contributed by atoms with Crippen LogP contribution < -0.4 is 10.6 Å². The summed E-state index contributed by atoms with van der Waals surface area (Å²) in [6.07, 6.45) is 1.88. The lowest BCUT2D eigenvalue weighted by Gasteiger charge is -2.31. The molecule has 2 amide bonds. The predicted octanol–water partition coefficient (Wildman–Crippen LogP) is 1.95. The fraction of sp³-hybridized carbons (Fsp3) is 0.688. The molecular weight excluding hydrogens is 298 g/mol. The van der Waals surface area contributed by atoms with Crippen LogP contribution in [0.2, 0.25) is 0 Å². The van der Waals surface area contributed by atoms with Crippen molar-refractivity contribution in [1.29, 1.82) is 0 Å². The Bertz CT molecular complexity index is 470. The standard InChI is InChI=1S/C16H27N3O2S/c1-12-5-7-19(8-6-12)11-14(20)9-17-16(21)18-10-15-4-3-13(2)22-15/h3-4,12,14,20H,5-11H2,1-2H3,(H2,17,18,21). The smallest absolute Gasteiger partial charge is 0.315 e. The topological polar surface area (TPSA) is 64.6 Å². The van der Waals surface area contributed by atoms with E-state index < -0.39 is 6.10 Å². The Morgan fingerprint density at radius 3 is 2.77 bits per heavy atom. The van der Waals surface area contributed by atoms with Gasteiger partial charge >= 0.3 is 6.03 Å². The maximum absolute atomic E-state index is 11.7. The minimum absolute atomic E-state index is 0.225. The Morgan fingerprint density at radius 1 is 1.41 bits per heavy atom. The summed E-state index contributed by atoms with van der Waals surface area (Å²) < 4.78 is 0. The number of amides is 2. The van der Waals surface area contributed by atoms with Crippen molar-refractivity contribution in [3.05, 3.63) is 21.9 Å². The molecule has 1 fully saturated rings. The van der Waals surface area contributed by atoms with Gasteiger partial charge < -0.3 is 20.6 Å². The number of hydrogen-bond acceptors (Lipinski definition) is 4. The molecule has 0 spiro atoms. The van der Waals surface area contributed by atoms with Crippen LogP contribution in [0.3, 0.4) is 0 Å². The van der Waals surface area contributed by atoms with Crippen molar-refractivity contribution >= 4 is 17.4 Å². The van der Waals surface area contributed by atoms with Crippen LogP contribution in [0.5, 0.6) is 0 Å². The van der Waals surface area contributed by atoms with E-state index in [1.807, 2.05) is 19.1 Å². The lowest BCUT2D eigenvalue weighted by Crippen LogP contribution is -2.45. The zero-order valence-electron chi connectivity index (χ0n) is 13.5. The molecule has 1 aliphatic rings. The second kappa shape index (κ2) is 8.50. The van der Waals surface area contributed by atoms with Gasteiger partial charge in [0.1, 0.15) is 0 Å². The van der Waals surface area contributed by atoms with Crippen LogP contribution in [0, 0.1) is 12.8 Å². The van der Waals surface area contributed by atoms with E-state index in [0.717, 1.165) is 23.9 Å². The summed E-state index contributed by atoms with van der Waals surface area (Å²) in [4.78, 5) is 16.4. The number of β-amino-alcohol motifs (C(OH)–C–C–N with tert-alkyl or cyclic N) is 1. The second-order valence-electron chi connectivity index (χ2n) is 6.21. The number of nitrogens with zero attached hydrogens (tertiary/aromatic N) is 1. The predicted molar refractivity (Wildman–Crippen MR) is 90.1 cm³/mol. The van der Waals surface area contributed by atoms with E-state index in [4.69, 9.17) is 0 Å². The molecule has 1 aromatic heterocycles. The first kappa shape index (κ1) is 17.2. The first-order chi connectivity index (χ1) is 10.5. The van der Waals surface area contributed by atoms with Crippen molar-refractivity contribution in [3.8, 4) is 0 Å². The molecule has 2 heterocycles. The third-order valence-electron chi connectivity index (χ3n) is 4.06. The summed E-state index contributed by atoms with van der Waals surface area (Å²) in [5.74, 6) is 0.790. The SMILES string of the molecule is Cc1ccc(CNC(=O)NCC(O)CN2CCC(C)CC2)s1. The number of aliphatic hydroxyl groups excluding tert-OH is 1. The third kappa shape index (κ3) is 5.94. The first-order valence-electron chi connectivity index (χ1n) is 8.00. The van der Waals surface area contributed by atoms with E-state index in [2.05, 4.69) is 22.5 Å². The number of likely N-dealkylation sites (tertiary alicyclic amines) is 1. The molecule has 1 unspecified atom stereocenters. The number of thiophene rings is 1. The minimum atomic E-state index is -0.511. The van der Waals surface area contributed by atoms with Gasteiger partial charge in [-0.1, -0.05) is 6.92 Å². The number of rotatable bonds is 6. The molecular formula is C16H27N3O2S. The van der Waals surface area contributed by atoms with Crippen molar-refractivity contribution in [2.45, 2.75) is 39.3 Å². The summed E-state index contributed by atoms with van der Waals surface area (Å²) in [6, 6.07) is 3.84. The van der Waals surface area contributed by atoms with Gasteiger partial charge in [-0.15, -0.1) is 11.3 Å². The molecule has 1 atom stereocenters. The molecule has 5 nitrogen and oxygen atoms in total. The summed E-state index contributed by atoms with van der Waals surface area (Å²) >= 11 is 1.68. The monoisotopic (exact) mass is 325 g/mol. The van der Waals surface area contributed by atoms with Crippen LogP contribution in [0.1, 0.15) is 29.5 Å². The van der Waals surface area contributed by atoms with Gasteiger partial charge in [0, 0.05) is 22.8 Å². The number of urea groups is 1. The maximum atomic E-state index is 11.7. The van der Waals surface area contributed by atoms with Crippen LogP contribution in [0.15, 0.2) is 12.1 Å². The lowest BCUT2D eigenvalue weighted by molar-refractivity contribution is 0.0920. The molecule has 6 heteroatoms. The van der Waals surface area contributed by atoms with Gasteiger partial charge in [-0.2, -0.15) is 0 Å². The highest BCUT2D eigenvalue weighted by Crippen LogP contribution is 2.16. The number of hydrogen-bond donors (Lipinski definition) is 3. The third-order valence-corrected chi connectivity index (χ3v) is 5.06. The van der Waals surface area contributed by atoms with Crippen molar-refractivity contribution in [1.82, 2.24) is 15.5 Å². The first-order valence-corrected chi connectivity index (χ1v) is 8.82. The van der Waals surface area contributed by atoms with Gasteiger partial charge in [-0.3, -0.25) is 0 Å². The second-order valence-corrected chi connectivity index (χ2v) is 7.59. The van der Waals surface area contributed by atoms with Crippen molar-refractivity contribution < 1.29 is 9.90 Å². The van der Waals surface area contributed by atoms with Gasteiger partial charge in [0.15, 0.2) is 0 Å². The van der Waals surface area contributed by atoms with Crippen molar-refractivity contribution in [2.75, 3.05) is 26.2 Å². The van der Waals surface area contributed by atoms with Gasteiger partial charge in [0.2, 0.25) is 0 Å². The normalized spacial score (nSPS) is 18.1. The molecule has 124 valence electrons. The van der Waals surface area contributed by atoms with E-state index in [1.165, 1.54) is 17.7 Å². The molecule has 0 bridgehead atoms. The van der Waals surface area contributed by atoms with Gasteiger partial charge in [-0.25, -0.2) is 4.79 Å². The largest absolute Gasteiger partial charge is 0.390 e. The Hall–Kier alpha value is -1.11. The number of carbonyl (C=O) groups is 1. The molecule has 3 N–H and O–H groups in total. The highest BCUT2D eigenvalue weighted by Gasteiger charge is 2.18. The number of aryl methyl sites for hydroxylation is 1. The molecule has 0 aliphatic carbocycles. The zero-order valence-corrected chi connectivity index (χ0v) is 14.3. The number of piperidine rings is 1. The van der Waals surface area contributed by atoms with E-state index >= 15 is 0 Å². The average Bonchev–Trinajstić information content (AvgIpc) is 2.91. The number of nitrogens with one attached hydrogen (secondary N) is 2. The Kier molecular flexibility index (Phi) is 6.67. The Balaban J connectivity index is 1.59. The minimum Gasteiger partial charge on any atom is -0.390 e. The van der Waals surface area contributed by atoms with E-state index in [0.29, 0.717) is 19.6 Å². The van der Waals surface area contributed by atoms with Crippen molar-refractivity contribution in [2.24, 2.45) is 5.92 Å². The summed E-state index contributed by atoms with van der Waals surface area (Å²) in [7, 11) is 0. The van der Waals surface area contributed by atoms with Gasteiger partial charge in [0.05, 0.1) is 12.6 Å². The molecule has 0 radical (unpaired) electrons. The molecule has 0 saturated carbocycles. The zero-order chi connectivity index (χ0) is 15.9. The molecule has 2 rings (SSSR count). The number of aliphatic hydroxyl groups is 1. The molecule has 22 heavy (non-hydrogen) atoms. The van der Waals surface area contributed by atoms with Crippen LogP contribution in [-0.4, -0.2) is 48.3 Å². The number of carbonyl (C=O) groups excluding carboxylic acids is 1. The van der Waals surface area contributed by atoms with Crippen LogP contribution in [0.25, 0.3) is 0 Å². The average molecular weight is 325 g/mol. The van der Waals surface area contributed by atoms with Gasteiger partial charge in [0.25, 0.3) is 0 Å². The summed E-state index contributed by atoms with van der Waals surface area (Å²) in [5.41, 5.74) is 0. The summed E-state index contributed by atoms with van der Waals surface area (Å²) in [6.45, 7) is 7.87. The summed E-state index contributed by atoms with van der Waals surface area (Å²) in [5, 5.41) is 15.6. The van der Waals surface area contributed by atoms with Crippen LogP contribution >= 0.6 is 11.3 Å². The fourth-order valence-corrected chi connectivity index (χ4v) is 3.46. The molecule has 1 aliphatic heterocycles. The van der Waals surface area contributed by atoms with E-state index in [9.17, 15) is 9.90 Å². The van der Waals surface area contributed by atoms with Crippen LogP contribution in [-0.2, 0) is 6.54 Å².